The van der Waals surface area contributed by atoms with E-state index in [-0.39, 0.29) is 0 Å². The quantitative estimate of drug-likeness (QED) is 0.860. The maximum absolute atomic E-state index is 4.38. The summed E-state index contributed by atoms with van der Waals surface area (Å²) >= 11 is 0. The highest BCUT2D eigenvalue weighted by molar-refractivity contribution is 5.46. The van der Waals surface area contributed by atoms with Gasteiger partial charge < -0.3 is 10.2 Å². The summed E-state index contributed by atoms with van der Waals surface area (Å²) in [6.07, 6.45) is 3.70. The molecule has 0 spiro atoms. The van der Waals surface area contributed by atoms with Crippen LogP contribution in [0.5, 0.6) is 0 Å². The predicted molar refractivity (Wildman–Crippen MR) is 78.0 cm³/mol. The van der Waals surface area contributed by atoms with Gasteiger partial charge in [0.25, 0.3) is 0 Å². The van der Waals surface area contributed by atoms with Crippen molar-refractivity contribution in [1.82, 2.24) is 15.3 Å². The Bertz CT molecular complexity index is 499. The van der Waals surface area contributed by atoms with Crippen LogP contribution in [0.15, 0.2) is 42.7 Å². The van der Waals surface area contributed by atoms with E-state index in [1.54, 1.807) is 0 Å². The van der Waals surface area contributed by atoms with Crippen LogP contribution in [0.3, 0.4) is 0 Å². The second-order valence-electron chi connectivity index (χ2n) is 4.37. The van der Waals surface area contributed by atoms with Crippen LogP contribution < -0.4 is 10.2 Å². The Morgan fingerprint density at radius 2 is 1.95 bits per heavy atom. The van der Waals surface area contributed by atoms with Gasteiger partial charge in [-0.1, -0.05) is 6.07 Å². The fraction of sp³-hybridized carbons (Fsp3) is 0.333. The minimum Gasteiger partial charge on any atom is -0.366 e. The number of rotatable bonds is 6. The molecular weight excluding hydrogens is 236 g/mol. The number of nitrogens with zero attached hydrogens (tertiary/aromatic N) is 3. The molecule has 0 radical (unpaired) electrons. The van der Waals surface area contributed by atoms with E-state index in [2.05, 4.69) is 39.2 Å². The van der Waals surface area contributed by atoms with Gasteiger partial charge in [0.2, 0.25) is 0 Å². The number of hydrogen-bond donors (Lipinski definition) is 1. The minimum absolute atomic E-state index is 0.787. The molecule has 19 heavy (non-hydrogen) atoms. The first kappa shape index (κ1) is 13.5. The lowest BCUT2D eigenvalue weighted by Crippen LogP contribution is -2.23. The largest absolute Gasteiger partial charge is 0.366 e. The van der Waals surface area contributed by atoms with Gasteiger partial charge in [0.1, 0.15) is 0 Å². The van der Waals surface area contributed by atoms with Crippen LogP contribution in [-0.2, 0) is 13.1 Å². The van der Waals surface area contributed by atoms with Crippen LogP contribution in [0, 0.1) is 0 Å². The molecule has 0 saturated carbocycles. The second-order valence-corrected chi connectivity index (χ2v) is 4.37. The first-order valence-electron chi connectivity index (χ1n) is 6.58. The summed E-state index contributed by atoms with van der Waals surface area (Å²) in [6, 6.07) is 10.2. The first-order valence-corrected chi connectivity index (χ1v) is 6.58. The smallest absolute Gasteiger partial charge is 0.0601 e. The van der Waals surface area contributed by atoms with Crippen LogP contribution in [0.25, 0.3) is 0 Å². The number of pyridine rings is 2. The van der Waals surface area contributed by atoms with Crippen LogP contribution in [0.4, 0.5) is 5.69 Å². The van der Waals surface area contributed by atoms with E-state index in [0.717, 1.165) is 31.0 Å². The molecule has 4 nitrogen and oxygen atoms in total. The summed E-state index contributed by atoms with van der Waals surface area (Å²) < 4.78 is 0. The molecule has 2 aromatic rings. The molecule has 100 valence electrons. The molecule has 0 atom stereocenters. The molecule has 1 N–H and O–H groups in total. The Morgan fingerprint density at radius 1 is 1.11 bits per heavy atom. The monoisotopic (exact) mass is 256 g/mol. The lowest BCUT2D eigenvalue weighted by Gasteiger charge is -2.23. The highest BCUT2D eigenvalue weighted by Crippen LogP contribution is 2.16. The third-order valence-electron chi connectivity index (χ3n) is 2.98. The lowest BCUT2D eigenvalue weighted by molar-refractivity contribution is 0.778. The van der Waals surface area contributed by atoms with E-state index in [1.807, 2.05) is 37.6 Å². The fourth-order valence-electron chi connectivity index (χ4n) is 2.01. The molecule has 0 fully saturated rings. The molecule has 0 aromatic carbocycles. The molecule has 0 saturated heterocycles. The van der Waals surface area contributed by atoms with E-state index in [9.17, 15) is 0 Å². The third-order valence-corrected chi connectivity index (χ3v) is 2.98. The average Bonchev–Trinajstić information content (AvgIpc) is 2.46. The molecule has 2 heterocycles. The zero-order valence-corrected chi connectivity index (χ0v) is 11.5. The van der Waals surface area contributed by atoms with Gasteiger partial charge in [0.05, 0.1) is 17.9 Å². The van der Waals surface area contributed by atoms with Crippen molar-refractivity contribution in [2.75, 3.05) is 18.5 Å². The Hall–Kier alpha value is -1.94. The number of aromatic nitrogens is 2. The highest BCUT2D eigenvalue weighted by atomic mass is 15.1. The zero-order valence-electron chi connectivity index (χ0n) is 11.5. The fourth-order valence-corrected chi connectivity index (χ4v) is 2.01. The van der Waals surface area contributed by atoms with E-state index in [1.165, 1.54) is 5.69 Å². The highest BCUT2D eigenvalue weighted by Gasteiger charge is 2.07. The van der Waals surface area contributed by atoms with Gasteiger partial charge in [-0.2, -0.15) is 0 Å². The average molecular weight is 256 g/mol. The topological polar surface area (TPSA) is 41.1 Å². The third kappa shape index (κ3) is 3.76. The molecule has 0 bridgehead atoms. The van der Waals surface area contributed by atoms with Crippen LogP contribution >= 0.6 is 0 Å². The maximum atomic E-state index is 4.38. The Morgan fingerprint density at radius 3 is 2.63 bits per heavy atom. The maximum Gasteiger partial charge on any atom is 0.0601 e. The van der Waals surface area contributed by atoms with Crippen molar-refractivity contribution >= 4 is 5.69 Å². The predicted octanol–water partition coefficient (Wildman–Crippen LogP) is 2.22. The second kappa shape index (κ2) is 6.85. The molecular formula is C15H20N4. The van der Waals surface area contributed by atoms with Gasteiger partial charge >= 0.3 is 0 Å². The van der Waals surface area contributed by atoms with E-state index >= 15 is 0 Å². The van der Waals surface area contributed by atoms with Crippen LogP contribution in [-0.4, -0.2) is 23.6 Å². The van der Waals surface area contributed by atoms with Gasteiger partial charge in [-0.05, 0) is 38.2 Å². The van der Waals surface area contributed by atoms with Crippen molar-refractivity contribution in [3.05, 3.63) is 54.1 Å². The summed E-state index contributed by atoms with van der Waals surface area (Å²) in [4.78, 5) is 11.0. The molecule has 0 unspecified atom stereocenters. The Kier molecular flexibility index (Phi) is 4.86. The Labute approximate surface area is 114 Å². The molecule has 2 aromatic heterocycles. The van der Waals surface area contributed by atoms with Gasteiger partial charge in [0, 0.05) is 31.2 Å². The van der Waals surface area contributed by atoms with Gasteiger partial charge in [0.15, 0.2) is 0 Å². The van der Waals surface area contributed by atoms with Crippen molar-refractivity contribution < 1.29 is 0 Å². The number of hydrogen-bond acceptors (Lipinski definition) is 4. The summed E-state index contributed by atoms with van der Waals surface area (Å²) in [5.41, 5.74) is 3.32. The molecule has 0 aliphatic rings. The first-order chi connectivity index (χ1) is 9.33. The molecule has 2 rings (SSSR count). The SMILES string of the molecule is CCN(Cc1ccccn1)c1ccnc(CNC)c1. The summed E-state index contributed by atoms with van der Waals surface area (Å²) in [5, 5.41) is 3.12. The van der Waals surface area contributed by atoms with Crippen LogP contribution in [0.1, 0.15) is 18.3 Å². The molecule has 0 aliphatic carbocycles. The van der Waals surface area contributed by atoms with Gasteiger partial charge in [-0.3, -0.25) is 9.97 Å². The summed E-state index contributed by atoms with van der Waals surface area (Å²) in [7, 11) is 1.93. The normalized spacial score (nSPS) is 10.4. The molecule has 0 aliphatic heterocycles. The Balaban J connectivity index is 2.15. The van der Waals surface area contributed by atoms with Crippen molar-refractivity contribution in [2.24, 2.45) is 0 Å². The number of anilines is 1. The number of nitrogens with one attached hydrogen (secondary N) is 1. The van der Waals surface area contributed by atoms with E-state index in [4.69, 9.17) is 0 Å². The lowest BCUT2D eigenvalue weighted by atomic mass is 10.2. The molecule has 4 heteroatoms. The van der Waals surface area contributed by atoms with Crippen molar-refractivity contribution in [3.8, 4) is 0 Å². The van der Waals surface area contributed by atoms with Crippen molar-refractivity contribution in [3.63, 3.8) is 0 Å². The van der Waals surface area contributed by atoms with E-state index in [0.29, 0.717) is 0 Å². The summed E-state index contributed by atoms with van der Waals surface area (Å²) in [6.45, 7) is 4.70. The van der Waals surface area contributed by atoms with Crippen LogP contribution in [0.2, 0.25) is 0 Å². The van der Waals surface area contributed by atoms with Gasteiger partial charge in [-0.25, -0.2) is 0 Å². The van der Waals surface area contributed by atoms with Crippen molar-refractivity contribution in [1.29, 1.82) is 0 Å². The van der Waals surface area contributed by atoms with Gasteiger partial charge in [-0.15, -0.1) is 0 Å². The minimum atomic E-state index is 0.787. The standard InChI is InChI=1S/C15H20N4/c1-3-19(12-13-6-4-5-8-17-13)15-7-9-18-14(10-15)11-16-2/h4-10,16H,3,11-12H2,1-2H3. The summed E-state index contributed by atoms with van der Waals surface area (Å²) in [5.74, 6) is 0. The van der Waals surface area contributed by atoms with E-state index < -0.39 is 0 Å². The zero-order chi connectivity index (χ0) is 13.5. The molecule has 0 amide bonds. The van der Waals surface area contributed by atoms with Crippen molar-refractivity contribution in [2.45, 2.75) is 20.0 Å².